The van der Waals surface area contributed by atoms with E-state index in [0.717, 1.165) is 0 Å². The van der Waals surface area contributed by atoms with Crippen molar-refractivity contribution in [1.29, 1.82) is 0 Å². The van der Waals surface area contributed by atoms with Crippen molar-refractivity contribution < 1.29 is 30.0 Å². The molecular weight excluding hydrogens is 288 g/mol. The molecule has 114 valence electrons. The fourth-order valence-corrected chi connectivity index (χ4v) is 3.52. The zero-order chi connectivity index (χ0) is 15.1. The van der Waals surface area contributed by atoms with Crippen LogP contribution in [0.1, 0.15) is 13.8 Å². The van der Waals surface area contributed by atoms with Crippen molar-refractivity contribution in [3.63, 3.8) is 0 Å². The number of nitrogens with zero attached hydrogens (tertiary/aromatic N) is 1. The largest absolute Gasteiger partial charge is 0.465 e. The van der Waals surface area contributed by atoms with Gasteiger partial charge < -0.3 is 30.5 Å². The molecule has 0 unspecified atom stereocenters. The van der Waals surface area contributed by atoms with Crippen molar-refractivity contribution in [1.82, 2.24) is 5.32 Å². The van der Waals surface area contributed by atoms with Crippen LogP contribution in [-0.4, -0.2) is 73.5 Å². The Kier molecular flexibility index (Phi) is 4.26. The molecule has 2 aliphatic rings. The molecule has 0 spiro atoms. The maximum absolute atomic E-state index is 10.8. The molecule has 0 aromatic heterocycles. The van der Waals surface area contributed by atoms with Gasteiger partial charge in [0.1, 0.15) is 29.8 Å². The van der Waals surface area contributed by atoms with E-state index in [2.05, 4.69) is 10.3 Å². The summed E-state index contributed by atoms with van der Waals surface area (Å²) in [5.74, 6) is 0. The summed E-state index contributed by atoms with van der Waals surface area (Å²) >= 11 is 1.19. The van der Waals surface area contributed by atoms with Crippen molar-refractivity contribution in [2.45, 2.75) is 49.2 Å². The minimum atomic E-state index is -1.22. The monoisotopic (exact) mass is 306 g/mol. The number of nitrogens with one attached hydrogen (secondary N) is 1. The lowest BCUT2D eigenvalue weighted by Gasteiger charge is -2.37. The van der Waals surface area contributed by atoms with E-state index in [1.54, 1.807) is 13.8 Å². The summed E-state index contributed by atoms with van der Waals surface area (Å²) in [7, 11) is 0. The fourth-order valence-electron chi connectivity index (χ4n) is 2.21. The summed E-state index contributed by atoms with van der Waals surface area (Å²) in [4.78, 5) is 15.0. The summed E-state index contributed by atoms with van der Waals surface area (Å²) in [6.07, 6.45) is -4.43. The third-order valence-electron chi connectivity index (χ3n) is 3.30. The van der Waals surface area contributed by atoms with Crippen LogP contribution in [0.4, 0.5) is 4.79 Å². The average Bonchev–Trinajstić information content (AvgIpc) is 2.77. The SMILES string of the molecule is CC(C)(NC(=O)O)C1=N[C@@H]2[C@@H](O)[C@H](O)[C@@H](CO)O[C@@H]2S1. The van der Waals surface area contributed by atoms with E-state index in [9.17, 15) is 15.0 Å². The van der Waals surface area contributed by atoms with Crippen LogP contribution in [0.2, 0.25) is 0 Å². The molecule has 9 heteroatoms. The predicted molar refractivity (Wildman–Crippen MR) is 71.8 cm³/mol. The van der Waals surface area contributed by atoms with Gasteiger partial charge in [0.15, 0.2) is 0 Å². The number of aliphatic imine (C=N–C) groups is 1. The Morgan fingerprint density at radius 2 is 2.10 bits per heavy atom. The first-order chi connectivity index (χ1) is 9.26. The Balaban J connectivity index is 2.17. The molecule has 2 heterocycles. The van der Waals surface area contributed by atoms with Gasteiger partial charge >= 0.3 is 6.09 Å². The summed E-state index contributed by atoms with van der Waals surface area (Å²) in [5, 5.41) is 40.5. The van der Waals surface area contributed by atoms with Gasteiger partial charge in [0.05, 0.1) is 17.2 Å². The molecule has 0 bridgehead atoms. The van der Waals surface area contributed by atoms with Gasteiger partial charge in [-0.15, -0.1) is 0 Å². The van der Waals surface area contributed by atoms with Crippen LogP contribution in [0.5, 0.6) is 0 Å². The van der Waals surface area contributed by atoms with Crippen molar-refractivity contribution >= 4 is 22.9 Å². The Morgan fingerprint density at radius 3 is 2.65 bits per heavy atom. The second-order valence-corrected chi connectivity index (χ2v) is 6.39. The van der Waals surface area contributed by atoms with E-state index in [1.807, 2.05) is 0 Å². The highest BCUT2D eigenvalue weighted by molar-refractivity contribution is 8.14. The number of amides is 1. The second kappa shape index (κ2) is 5.49. The Labute approximate surface area is 119 Å². The van der Waals surface area contributed by atoms with Crippen LogP contribution < -0.4 is 5.32 Å². The minimum absolute atomic E-state index is 0.409. The lowest BCUT2D eigenvalue weighted by Crippen LogP contribution is -2.55. The number of fused-ring (bicyclic) bond motifs is 1. The standard InChI is InChI=1S/C11H18N2O6S/c1-11(2,13-10(17)18)9-12-5-7(16)6(15)4(3-14)19-8(5)20-9/h4-8,13-16H,3H2,1-2H3,(H,17,18)/t4-,5-,6-,7-,8-/m1/s1. The topological polar surface area (TPSA) is 132 Å². The summed E-state index contributed by atoms with van der Waals surface area (Å²) in [6.45, 7) is 2.89. The molecule has 0 radical (unpaired) electrons. The summed E-state index contributed by atoms with van der Waals surface area (Å²) in [5.41, 5.74) is -1.47. The third-order valence-corrected chi connectivity index (χ3v) is 4.76. The van der Waals surface area contributed by atoms with E-state index in [0.29, 0.717) is 5.04 Å². The fraction of sp³-hybridized carbons (Fsp3) is 0.818. The van der Waals surface area contributed by atoms with Gasteiger partial charge in [-0.05, 0) is 13.8 Å². The van der Waals surface area contributed by atoms with Gasteiger partial charge in [-0.2, -0.15) is 0 Å². The van der Waals surface area contributed by atoms with Crippen LogP contribution in [0.3, 0.4) is 0 Å². The molecule has 1 fully saturated rings. The molecule has 0 aliphatic carbocycles. The first-order valence-corrected chi connectivity index (χ1v) is 7.02. The highest BCUT2D eigenvalue weighted by atomic mass is 32.2. The van der Waals surface area contributed by atoms with E-state index < -0.39 is 48.0 Å². The number of hydrogen-bond donors (Lipinski definition) is 5. The molecule has 5 N–H and O–H groups in total. The smallest absolute Gasteiger partial charge is 0.405 e. The molecule has 5 atom stereocenters. The van der Waals surface area contributed by atoms with Crippen LogP contribution in [0.25, 0.3) is 0 Å². The van der Waals surface area contributed by atoms with Gasteiger partial charge in [0.25, 0.3) is 0 Å². The van der Waals surface area contributed by atoms with E-state index >= 15 is 0 Å². The molecule has 0 aromatic carbocycles. The molecule has 0 saturated carbocycles. The van der Waals surface area contributed by atoms with Gasteiger partial charge in [0, 0.05) is 0 Å². The number of ether oxygens (including phenoxy) is 1. The quantitative estimate of drug-likeness (QED) is 0.451. The molecule has 2 rings (SSSR count). The number of carboxylic acid groups (broad SMARTS) is 1. The molecular formula is C11H18N2O6S. The molecule has 0 aromatic rings. The van der Waals surface area contributed by atoms with E-state index in [-0.39, 0.29) is 0 Å². The number of rotatable bonds is 3. The van der Waals surface area contributed by atoms with Crippen molar-refractivity contribution in [2.75, 3.05) is 6.61 Å². The maximum atomic E-state index is 10.8. The maximum Gasteiger partial charge on any atom is 0.405 e. The Morgan fingerprint density at radius 1 is 1.45 bits per heavy atom. The van der Waals surface area contributed by atoms with Crippen molar-refractivity contribution in [3.05, 3.63) is 0 Å². The van der Waals surface area contributed by atoms with E-state index in [1.165, 1.54) is 11.8 Å². The highest BCUT2D eigenvalue weighted by Crippen LogP contribution is 2.39. The number of aliphatic hydroxyl groups is 3. The Hall–Kier alpha value is -0.870. The predicted octanol–water partition coefficient (Wildman–Crippen LogP) is -1.01. The van der Waals surface area contributed by atoms with Gasteiger partial charge in [-0.1, -0.05) is 11.8 Å². The van der Waals surface area contributed by atoms with Crippen LogP contribution in [0, 0.1) is 0 Å². The summed E-state index contributed by atoms with van der Waals surface area (Å²) in [6, 6.07) is -0.678. The normalized spacial score (nSPS) is 37.2. The first kappa shape index (κ1) is 15.5. The lowest BCUT2D eigenvalue weighted by molar-refractivity contribution is -0.164. The number of aliphatic hydroxyl groups excluding tert-OH is 3. The zero-order valence-electron chi connectivity index (χ0n) is 11.1. The van der Waals surface area contributed by atoms with Crippen molar-refractivity contribution in [3.8, 4) is 0 Å². The average molecular weight is 306 g/mol. The van der Waals surface area contributed by atoms with Gasteiger partial charge in [0.2, 0.25) is 0 Å². The number of thioether (sulfide) groups is 1. The molecule has 20 heavy (non-hydrogen) atoms. The zero-order valence-corrected chi connectivity index (χ0v) is 11.9. The van der Waals surface area contributed by atoms with Crippen LogP contribution in [-0.2, 0) is 4.74 Å². The van der Waals surface area contributed by atoms with Crippen molar-refractivity contribution in [2.24, 2.45) is 4.99 Å². The lowest BCUT2D eigenvalue weighted by atomic mass is 9.98. The highest BCUT2D eigenvalue weighted by Gasteiger charge is 2.50. The molecule has 1 amide bonds. The number of carbonyl (C=O) groups is 1. The minimum Gasteiger partial charge on any atom is -0.465 e. The summed E-state index contributed by atoms with van der Waals surface area (Å²) < 4.78 is 5.49. The molecule has 8 nitrogen and oxygen atoms in total. The first-order valence-electron chi connectivity index (χ1n) is 6.14. The molecule has 1 saturated heterocycles. The van der Waals surface area contributed by atoms with Gasteiger partial charge in [-0.3, -0.25) is 4.99 Å². The van der Waals surface area contributed by atoms with Crippen LogP contribution in [0.15, 0.2) is 4.99 Å². The van der Waals surface area contributed by atoms with Crippen LogP contribution >= 0.6 is 11.8 Å². The molecule has 2 aliphatic heterocycles. The third kappa shape index (κ3) is 2.77. The second-order valence-electron chi connectivity index (χ2n) is 5.30. The number of hydrogen-bond acceptors (Lipinski definition) is 7. The van der Waals surface area contributed by atoms with Gasteiger partial charge in [-0.25, -0.2) is 4.79 Å². The van der Waals surface area contributed by atoms with E-state index in [4.69, 9.17) is 14.9 Å². The Bertz CT molecular complexity index is 429.